The van der Waals surface area contributed by atoms with Gasteiger partial charge in [-0.2, -0.15) is 0 Å². The minimum absolute atomic E-state index is 0.0231. The van der Waals surface area contributed by atoms with E-state index in [0.717, 1.165) is 0 Å². The van der Waals surface area contributed by atoms with Crippen LogP contribution in [0, 0.1) is 0 Å². The largest absolute Gasteiger partial charge is 0.464 e. The quantitative estimate of drug-likeness (QED) is 0.831. The van der Waals surface area contributed by atoms with Crippen LogP contribution in [-0.2, 0) is 15.6 Å². The van der Waals surface area contributed by atoms with Crippen LogP contribution in [0.25, 0.3) is 11.0 Å². The third-order valence-electron chi connectivity index (χ3n) is 2.52. The lowest BCUT2D eigenvalue weighted by Crippen LogP contribution is -2.06. The highest BCUT2D eigenvalue weighted by Crippen LogP contribution is 2.28. The number of fused-ring (bicyclic) bond motifs is 1. The topological polar surface area (TPSA) is 73.3 Å². The number of hydrogen-bond acceptors (Lipinski definition) is 4. The second kappa shape index (κ2) is 3.83. The maximum absolute atomic E-state index is 11.5. The molecule has 0 spiro atoms. The summed E-state index contributed by atoms with van der Waals surface area (Å²) < 4.78 is 28.4. The standard InChI is InChI=1S/C11H13NO3S/c1-2-16(13,14)7-8-6-15-10-5-3-4-9(12)11(8)10/h3-6H,2,7,12H2,1H3. The van der Waals surface area contributed by atoms with Crippen LogP contribution >= 0.6 is 0 Å². The van der Waals surface area contributed by atoms with Gasteiger partial charge < -0.3 is 10.2 Å². The number of anilines is 1. The van der Waals surface area contributed by atoms with Crippen molar-refractivity contribution in [3.8, 4) is 0 Å². The monoisotopic (exact) mass is 239 g/mol. The van der Waals surface area contributed by atoms with Crippen molar-refractivity contribution in [1.29, 1.82) is 0 Å². The number of furan rings is 1. The maximum atomic E-state index is 11.5. The summed E-state index contributed by atoms with van der Waals surface area (Å²) in [5.74, 6) is 0.0944. The zero-order valence-electron chi connectivity index (χ0n) is 8.93. The molecule has 4 nitrogen and oxygen atoms in total. The number of benzene rings is 1. The second-order valence-corrected chi connectivity index (χ2v) is 6.01. The average Bonchev–Trinajstić information content (AvgIpc) is 2.62. The molecule has 86 valence electrons. The molecule has 1 heterocycles. The van der Waals surface area contributed by atoms with Gasteiger partial charge in [-0.15, -0.1) is 0 Å². The number of nitrogen functional groups attached to an aromatic ring is 1. The van der Waals surface area contributed by atoms with Crippen molar-refractivity contribution >= 4 is 26.5 Å². The van der Waals surface area contributed by atoms with Crippen LogP contribution < -0.4 is 5.73 Å². The Morgan fingerprint density at radius 3 is 2.81 bits per heavy atom. The molecule has 0 saturated carbocycles. The van der Waals surface area contributed by atoms with Crippen LogP contribution in [0.3, 0.4) is 0 Å². The molecule has 0 fully saturated rings. The van der Waals surface area contributed by atoms with E-state index in [2.05, 4.69) is 0 Å². The first kappa shape index (κ1) is 11.0. The van der Waals surface area contributed by atoms with Gasteiger partial charge in [0, 0.05) is 22.4 Å². The van der Waals surface area contributed by atoms with E-state index in [-0.39, 0.29) is 11.5 Å². The molecule has 0 aliphatic carbocycles. The Kier molecular flexibility index (Phi) is 2.63. The van der Waals surface area contributed by atoms with E-state index in [4.69, 9.17) is 10.2 Å². The van der Waals surface area contributed by atoms with Gasteiger partial charge in [0.25, 0.3) is 0 Å². The van der Waals surface area contributed by atoms with E-state index >= 15 is 0 Å². The first-order valence-electron chi connectivity index (χ1n) is 4.98. The third kappa shape index (κ3) is 1.90. The molecule has 0 bridgehead atoms. The fourth-order valence-electron chi connectivity index (χ4n) is 1.63. The van der Waals surface area contributed by atoms with Crippen molar-refractivity contribution in [1.82, 2.24) is 0 Å². The highest BCUT2D eigenvalue weighted by molar-refractivity contribution is 7.90. The SMILES string of the molecule is CCS(=O)(=O)Cc1coc2cccc(N)c12. The first-order valence-corrected chi connectivity index (χ1v) is 6.80. The summed E-state index contributed by atoms with van der Waals surface area (Å²) in [7, 11) is -3.07. The summed E-state index contributed by atoms with van der Waals surface area (Å²) in [6.07, 6.45) is 1.47. The molecule has 16 heavy (non-hydrogen) atoms. The van der Waals surface area contributed by atoms with Crippen LogP contribution in [0.15, 0.2) is 28.9 Å². The van der Waals surface area contributed by atoms with Gasteiger partial charge in [-0.25, -0.2) is 8.42 Å². The van der Waals surface area contributed by atoms with Gasteiger partial charge in [0.15, 0.2) is 9.84 Å². The van der Waals surface area contributed by atoms with Crippen LogP contribution in [-0.4, -0.2) is 14.2 Å². The summed E-state index contributed by atoms with van der Waals surface area (Å²) in [4.78, 5) is 0. The molecule has 0 saturated heterocycles. The highest BCUT2D eigenvalue weighted by atomic mass is 32.2. The molecule has 2 rings (SSSR count). The first-order chi connectivity index (χ1) is 7.53. The van der Waals surface area contributed by atoms with Crippen molar-refractivity contribution in [3.05, 3.63) is 30.0 Å². The number of rotatable bonds is 3. The zero-order valence-corrected chi connectivity index (χ0v) is 9.75. The van der Waals surface area contributed by atoms with Gasteiger partial charge in [-0.3, -0.25) is 0 Å². The van der Waals surface area contributed by atoms with Gasteiger partial charge in [-0.05, 0) is 12.1 Å². The van der Waals surface area contributed by atoms with E-state index in [9.17, 15) is 8.42 Å². The molecule has 2 aromatic rings. The summed E-state index contributed by atoms with van der Waals surface area (Å²) >= 11 is 0. The van der Waals surface area contributed by atoms with Crippen LogP contribution in [0.4, 0.5) is 5.69 Å². The van der Waals surface area contributed by atoms with Gasteiger partial charge in [0.1, 0.15) is 5.58 Å². The molecule has 2 N–H and O–H groups in total. The fourth-order valence-corrected chi connectivity index (χ4v) is 2.52. The van der Waals surface area contributed by atoms with Gasteiger partial charge in [0.05, 0.1) is 12.0 Å². The van der Waals surface area contributed by atoms with E-state index in [1.807, 2.05) is 0 Å². The molecular weight excluding hydrogens is 226 g/mol. The smallest absolute Gasteiger partial charge is 0.154 e. The van der Waals surface area contributed by atoms with Gasteiger partial charge in [-0.1, -0.05) is 13.0 Å². The Hall–Kier alpha value is -1.49. The highest BCUT2D eigenvalue weighted by Gasteiger charge is 2.15. The Morgan fingerprint density at radius 2 is 2.12 bits per heavy atom. The van der Waals surface area contributed by atoms with Crippen LogP contribution in [0.1, 0.15) is 12.5 Å². The molecule has 1 aromatic carbocycles. The molecule has 0 aliphatic rings. The van der Waals surface area contributed by atoms with E-state index in [0.29, 0.717) is 22.2 Å². The molecule has 0 aliphatic heterocycles. The minimum Gasteiger partial charge on any atom is -0.464 e. The molecule has 0 amide bonds. The van der Waals surface area contributed by atoms with Crippen molar-refractivity contribution < 1.29 is 12.8 Å². The Balaban J connectivity index is 2.54. The lowest BCUT2D eigenvalue weighted by atomic mass is 10.1. The number of sulfone groups is 1. The average molecular weight is 239 g/mol. The predicted octanol–water partition coefficient (Wildman–Crippen LogP) is 1.95. The van der Waals surface area contributed by atoms with Crippen LogP contribution in [0.2, 0.25) is 0 Å². The van der Waals surface area contributed by atoms with Crippen LogP contribution in [0.5, 0.6) is 0 Å². The molecule has 1 aromatic heterocycles. The summed E-state index contributed by atoms with van der Waals surface area (Å²) in [5.41, 5.74) is 7.62. The number of hydrogen-bond donors (Lipinski definition) is 1. The minimum atomic E-state index is -3.07. The Bertz CT molecular complexity index is 613. The van der Waals surface area contributed by atoms with Crippen molar-refractivity contribution in [2.24, 2.45) is 0 Å². The Labute approximate surface area is 94.0 Å². The maximum Gasteiger partial charge on any atom is 0.154 e. The molecule has 0 atom stereocenters. The summed E-state index contributed by atoms with van der Waals surface area (Å²) in [5, 5.41) is 0.708. The molecular formula is C11H13NO3S. The lowest BCUT2D eigenvalue weighted by Gasteiger charge is -2.00. The van der Waals surface area contributed by atoms with Crippen molar-refractivity contribution in [3.63, 3.8) is 0 Å². The fraction of sp³-hybridized carbons (Fsp3) is 0.273. The summed E-state index contributed by atoms with van der Waals surface area (Å²) in [6.45, 7) is 1.63. The predicted molar refractivity (Wildman–Crippen MR) is 63.8 cm³/mol. The number of nitrogens with two attached hydrogens (primary N) is 1. The molecule has 0 radical (unpaired) electrons. The van der Waals surface area contributed by atoms with Gasteiger partial charge in [0.2, 0.25) is 0 Å². The molecule has 5 heteroatoms. The second-order valence-electron chi connectivity index (χ2n) is 3.66. The summed E-state index contributed by atoms with van der Waals surface area (Å²) in [6, 6.07) is 5.28. The normalized spacial score (nSPS) is 12.1. The Morgan fingerprint density at radius 1 is 1.38 bits per heavy atom. The van der Waals surface area contributed by atoms with Crippen molar-refractivity contribution in [2.75, 3.05) is 11.5 Å². The zero-order chi connectivity index (χ0) is 11.8. The van der Waals surface area contributed by atoms with E-state index in [1.54, 1.807) is 25.1 Å². The lowest BCUT2D eigenvalue weighted by molar-refractivity contribution is 0.592. The van der Waals surface area contributed by atoms with Crippen molar-refractivity contribution in [2.45, 2.75) is 12.7 Å². The van der Waals surface area contributed by atoms with E-state index < -0.39 is 9.84 Å². The third-order valence-corrected chi connectivity index (χ3v) is 4.15. The van der Waals surface area contributed by atoms with E-state index in [1.165, 1.54) is 6.26 Å². The van der Waals surface area contributed by atoms with Gasteiger partial charge >= 0.3 is 0 Å². The molecule has 0 unspecified atom stereocenters.